The molecule has 0 radical (unpaired) electrons. The van der Waals surface area contributed by atoms with E-state index >= 15 is 0 Å². The Kier molecular flexibility index (Phi) is 11.7. The number of nitrogens with zero attached hydrogens (tertiary/aromatic N) is 2. The third-order valence-corrected chi connectivity index (χ3v) is 3.13. The SMILES string of the molecule is CC.COCc1ccc(C)nc1.COCc1cnc(C)s1. The van der Waals surface area contributed by atoms with Crippen LogP contribution in [0.1, 0.15) is 35.0 Å². The van der Waals surface area contributed by atoms with Gasteiger partial charge in [0.15, 0.2) is 0 Å². The number of aryl methyl sites for hydroxylation is 2. The number of methoxy groups -OCH3 is 2. The molecule has 5 heteroatoms. The normalized spacial score (nSPS) is 9.24. The van der Waals surface area contributed by atoms with Gasteiger partial charge in [0.1, 0.15) is 0 Å². The van der Waals surface area contributed by atoms with E-state index in [1.165, 1.54) is 4.88 Å². The molecule has 0 saturated heterocycles. The Balaban J connectivity index is 0.000000342. The highest BCUT2D eigenvalue weighted by molar-refractivity contribution is 7.11. The minimum absolute atomic E-state index is 0.646. The van der Waals surface area contributed by atoms with Crippen molar-refractivity contribution in [2.45, 2.75) is 40.9 Å². The molecular weight excluding hydrogens is 284 g/mol. The van der Waals surface area contributed by atoms with Crippen LogP contribution in [0.4, 0.5) is 0 Å². The Morgan fingerprint density at radius 2 is 1.62 bits per heavy atom. The number of ether oxygens (including phenoxy) is 2. The summed E-state index contributed by atoms with van der Waals surface area (Å²) >= 11 is 1.68. The Morgan fingerprint density at radius 1 is 0.952 bits per heavy atom. The smallest absolute Gasteiger partial charge is 0.0897 e. The zero-order valence-electron chi connectivity index (χ0n) is 13.8. The van der Waals surface area contributed by atoms with Crippen molar-refractivity contribution in [2.24, 2.45) is 0 Å². The fourth-order valence-corrected chi connectivity index (χ4v) is 2.13. The van der Waals surface area contributed by atoms with Gasteiger partial charge < -0.3 is 9.47 Å². The summed E-state index contributed by atoms with van der Waals surface area (Å²) < 4.78 is 9.84. The second kappa shape index (κ2) is 12.4. The van der Waals surface area contributed by atoms with Crippen molar-refractivity contribution in [3.63, 3.8) is 0 Å². The third kappa shape index (κ3) is 9.28. The summed E-state index contributed by atoms with van der Waals surface area (Å²) in [7, 11) is 3.37. The van der Waals surface area contributed by atoms with Gasteiger partial charge in [-0.15, -0.1) is 11.3 Å². The van der Waals surface area contributed by atoms with E-state index in [2.05, 4.69) is 9.97 Å². The molecule has 0 amide bonds. The standard InChI is InChI=1S/C8H11NO.C6H9NOS.C2H6/c1-7-3-4-8(5-9-7)6-10-2;1-5-7-3-6(9-5)4-8-2;1-2/h3-5H,6H2,1-2H3;3H,4H2,1-2H3;1-2H3. The largest absolute Gasteiger partial charge is 0.380 e. The first-order chi connectivity index (χ1) is 10.2. The number of hydrogen-bond acceptors (Lipinski definition) is 5. The summed E-state index contributed by atoms with van der Waals surface area (Å²) in [6.07, 6.45) is 3.68. The van der Waals surface area contributed by atoms with Gasteiger partial charge >= 0.3 is 0 Å². The van der Waals surface area contributed by atoms with Crippen LogP contribution in [0.25, 0.3) is 0 Å². The summed E-state index contributed by atoms with van der Waals surface area (Å²) in [4.78, 5) is 9.38. The van der Waals surface area contributed by atoms with Gasteiger partial charge in [0.05, 0.1) is 23.1 Å². The van der Waals surface area contributed by atoms with Gasteiger partial charge in [-0.3, -0.25) is 4.98 Å². The van der Waals surface area contributed by atoms with E-state index in [4.69, 9.17) is 9.47 Å². The number of aromatic nitrogens is 2. The molecule has 0 aliphatic rings. The van der Waals surface area contributed by atoms with Gasteiger partial charge in [0.25, 0.3) is 0 Å². The molecule has 0 unspecified atom stereocenters. The van der Waals surface area contributed by atoms with E-state index in [-0.39, 0.29) is 0 Å². The minimum Gasteiger partial charge on any atom is -0.380 e. The zero-order valence-corrected chi connectivity index (χ0v) is 14.7. The fourth-order valence-electron chi connectivity index (χ4n) is 1.36. The van der Waals surface area contributed by atoms with E-state index in [0.29, 0.717) is 13.2 Å². The van der Waals surface area contributed by atoms with Crippen molar-refractivity contribution < 1.29 is 9.47 Å². The zero-order chi connectivity index (χ0) is 16.1. The third-order valence-electron chi connectivity index (χ3n) is 2.24. The Morgan fingerprint density at radius 3 is 2.05 bits per heavy atom. The quantitative estimate of drug-likeness (QED) is 0.850. The molecular formula is C16H26N2O2S. The maximum absolute atomic E-state index is 4.93. The topological polar surface area (TPSA) is 44.2 Å². The summed E-state index contributed by atoms with van der Waals surface area (Å²) in [5.41, 5.74) is 2.16. The van der Waals surface area contributed by atoms with Crippen molar-refractivity contribution in [3.05, 3.63) is 45.7 Å². The average molecular weight is 310 g/mol. The van der Waals surface area contributed by atoms with E-state index in [0.717, 1.165) is 16.3 Å². The molecule has 2 heterocycles. The molecule has 21 heavy (non-hydrogen) atoms. The van der Waals surface area contributed by atoms with Crippen LogP contribution in [0, 0.1) is 13.8 Å². The maximum Gasteiger partial charge on any atom is 0.0897 e. The summed E-state index contributed by atoms with van der Waals surface area (Å²) in [6, 6.07) is 4.00. The summed E-state index contributed by atoms with van der Waals surface area (Å²) in [6.45, 7) is 9.29. The lowest BCUT2D eigenvalue weighted by Gasteiger charge is -1.97. The van der Waals surface area contributed by atoms with Crippen molar-refractivity contribution in [1.82, 2.24) is 9.97 Å². The second-order valence-corrected chi connectivity index (χ2v) is 5.34. The molecule has 0 N–H and O–H groups in total. The first-order valence-corrected chi connectivity index (χ1v) is 7.78. The Hall–Kier alpha value is -1.30. The first kappa shape index (κ1) is 19.7. The lowest BCUT2D eigenvalue weighted by molar-refractivity contribution is 0.184. The molecule has 0 bridgehead atoms. The minimum atomic E-state index is 0.646. The first-order valence-electron chi connectivity index (χ1n) is 6.96. The van der Waals surface area contributed by atoms with Gasteiger partial charge in [0.2, 0.25) is 0 Å². The average Bonchev–Trinajstić information content (AvgIpc) is 2.90. The van der Waals surface area contributed by atoms with Gasteiger partial charge in [-0.2, -0.15) is 0 Å². The molecule has 0 aromatic carbocycles. The van der Waals surface area contributed by atoms with Gasteiger partial charge in [-0.25, -0.2) is 4.98 Å². The van der Waals surface area contributed by atoms with Crippen molar-refractivity contribution in [2.75, 3.05) is 14.2 Å². The molecule has 2 aromatic heterocycles. The highest BCUT2D eigenvalue weighted by Crippen LogP contribution is 2.11. The van der Waals surface area contributed by atoms with Crippen LogP contribution >= 0.6 is 11.3 Å². The van der Waals surface area contributed by atoms with Crippen LogP contribution in [-0.4, -0.2) is 24.2 Å². The fraction of sp³-hybridized carbons (Fsp3) is 0.500. The van der Waals surface area contributed by atoms with Crippen molar-refractivity contribution in [1.29, 1.82) is 0 Å². The van der Waals surface area contributed by atoms with Gasteiger partial charge in [-0.05, 0) is 25.5 Å². The molecule has 2 aromatic rings. The van der Waals surface area contributed by atoms with E-state index in [9.17, 15) is 0 Å². The van der Waals surface area contributed by atoms with E-state index in [1.807, 2.05) is 52.2 Å². The van der Waals surface area contributed by atoms with Gasteiger partial charge in [-0.1, -0.05) is 19.9 Å². The predicted octanol–water partition coefficient (Wildman–Crippen LogP) is 4.16. The predicted molar refractivity (Wildman–Crippen MR) is 88.6 cm³/mol. The lowest BCUT2D eigenvalue weighted by atomic mass is 10.3. The Bertz CT molecular complexity index is 469. The molecule has 118 valence electrons. The van der Waals surface area contributed by atoms with Crippen LogP contribution in [-0.2, 0) is 22.7 Å². The van der Waals surface area contributed by atoms with E-state index < -0.39 is 0 Å². The molecule has 0 atom stereocenters. The summed E-state index contributed by atoms with van der Waals surface area (Å²) in [5, 5.41) is 1.10. The van der Waals surface area contributed by atoms with Crippen LogP contribution in [0.15, 0.2) is 24.5 Å². The highest BCUT2D eigenvalue weighted by atomic mass is 32.1. The number of pyridine rings is 1. The number of rotatable bonds is 4. The number of hydrogen-bond donors (Lipinski definition) is 0. The molecule has 0 spiro atoms. The van der Waals surface area contributed by atoms with Crippen molar-refractivity contribution >= 4 is 11.3 Å². The molecule has 4 nitrogen and oxygen atoms in total. The lowest BCUT2D eigenvalue weighted by Crippen LogP contribution is -1.88. The molecule has 2 rings (SSSR count). The van der Waals surface area contributed by atoms with Gasteiger partial charge in [0, 0.05) is 32.3 Å². The van der Waals surface area contributed by atoms with Crippen LogP contribution in [0.3, 0.4) is 0 Å². The molecule has 0 saturated carbocycles. The van der Waals surface area contributed by atoms with Crippen LogP contribution in [0.2, 0.25) is 0 Å². The van der Waals surface area contributed by atoms with Crippen molar-refractivity contribution in [3.8, 4) is 0 Å². The second-order valence-electron chi connectivity index (χ2n) is 4.02. The van der Waals surface area contributed by atoms with Crippen LogP contribution in [0.5, 0.6) is 0 Å². The molecule has 0 aliphatic heterocycles. The Labute approximate surface area is 132 Å². The highest BCUT2D eigenvalue weighted by Gasteiger charge is 1.94. The summed E-state index contributed by atoms with van der Waals surface area (Å²) in [5.74, 6) is 0. The van der Waals surface area contributed by atoms with Crippen LogP contribution < -0.4 is 0 Å². The maximum atomic E-state index is 4.93. The molecule has 0 aliphatic carbocycles. The molecule has 0 fully saturated rings. The number of thiazole rings is 1. The monoisotopic (exact) mass is 310 g/mol. The van der Waals surface area contributed by atoms with E-state index in [1.54, 1.807) is 25.6 Å².